The maximum absolute atomic E-state index is 2.43. The molecule has 0 heterocycles. The molecule has 0 amide bonds. The summed E-state index contributed by atoms with van der Waals surface area (Å²) in [6, 6.07) is 30.3. The number of nitrogens with zero attached hydrogens (tertiary/aromatic N) is 1. The maximum atomic E-state index is 2.43. The summed E-state index contributed by atoms with van der Waals surface area (Å²) in [5.74, 6) is 0.553. The van der Waals surface area contributed by atoms with Crippen LogP contribution in [0, 0.1) is 5.92 Å². The SMILES string of the molecule is CN(C1=C[C@@H](Cc2ccccc2)CC=C1)c1cccc(Cc2ccccc2)c1. The van der Waals surface area contributed by atoms with Gasteiger partial charge in [-0.1, -0.05) is 84.9 Å². The van der Waals surface area contributed by atoms with Crippen molar-refractivity contribution in [1.82, 2.24) is 0 Å². The Hall–Kier alpha value is -3.06. The summed E-state index contributed by atoms with van der Waals surface area (Å²) in [4.78, 5) is 2.31. The number of allylic oxidation sites excluding steroid dienone is 3. The van der Waals surface area contributed by atoms with Crippen LogP contribution in [-0.4, -0.2) is 7.05 Å². The first-order chi connectivity index (χ1) is 13.8. The number of hydrogen-bond acceptors (Lipinski definition) is 1. The molecule has 4 rings (SSSR count). The van der Waals surface area contributed by atoms with Crippen LogP contribution in [0.2, 0.25) is 0 Å². The summed E-state index contributed by atoms with van der Waals surface area (Å²) in [6.07, 6.45) is 10.2. The third-order valence-electron chi connectivity index (χ3n) is 5.41. The molecule has 1 aliphatic carbocycles. The van der Waals surface area contributed by atoms with Gasteiger partial charge in [-0.15, -0.1) is 0 Å². The highest BCUT2D eigenvalue weighted by Gasteiger charge is 2.14. The van der Waals surface area contributed by atoms with Gasteiger partial charge in [0.2, 0.25) is 0 Å². The molecule has 3 aromatic rings. The molecular weight excluding hydrogens is 338 g/mol. The normalized spacial score (nSPS) is 15.9. The molecule has 0 aromatic heterocycles. The lowest BCUT2D eigenvalue weighted by Gasteiger charge is -2.26. The van der Waals surface area contributed by atoms with Crippen molar-refractivity contribution >= 4 is 5.69 Å². The van der Waals surface area contributed by atoms with Crippen LogP contribution in [0.1, 0.15) is 23.1 Å². The van der Waals surface area contributed by atoms with E-state index in [2.05, 4.69) is 115 Å². The number of hydrogen-bond donors (Lipinski definition) is 0. The molecule has 1 aliphatic rings. The van der Waals surface area contributed by atoms with E-state index >= 15 is 0 Å². The molecule has 1 heteroatoms. The van der Waals surface area contributed by atoms with Crippen LogP contribution in [0.15, 0.2) is 109 Å². The highest BCUT2D eigenvalue weighted by molar-refractivity contribution is 5.56. The Kier molecular flexibility index (Phi) is 5.72. The monoisotopic (exact) mass is 365 g/mol. The van der Waals surface area contributed by atoms with Crippen LogP contribution in [0.25, 0.3) is 0 Å². The van der Waals surface area contributed by atoms with Gasteiger partial charge in [-0.05, 0) is 60.1 Å². The van der Waals surface area contributed by atoms with Crippen LogP contribution in [0.5, 0.6) is 0 Å². The zero-order valence-electron chi connectivity index (χ0n) is 16.5. The van der Waals surface area contributed by atoms with E-state index in [4.69, 9.17) is 0 Å². The Morgan fingerprint density at radius 3 is 2.21 bits per heavy atom. The lowest BCUT2D eigenvalue weighted by atomic mass is 9.92. The highest BCUT2D eigenvalue weighted by atomic mass is 15.1. The van der Waals surface area contributed by atoms with Gasteiger partial charge in [0.25, 0.3) is 0 Å². The smallest absolute Gasteiger partial charge is 0.0410 e. The average molecular weight is 366 g/mol. The molecule has 0 unspecified atom stereocenters. The second-order valence-corrected chi connectivity index (χ2v) is 7.57. The van der Waals surface area contributed by atoms with Gasteiger partial charge in [-0.25, -0.2) is 0 Å². The summed E-state index contributed by atoms with van der Waals surface area (Å²) < 4.78 is 0. The minimum Gasteiger partial charge on any atom is -0.345 e. The van der Waals surface area contributed by atoms with Gasteiger partial charge in [0, 0.05) is 18.4 Å². The first kappa shape index (κ1) is 18.3. The quantitative estimate of drug-likeness (QED) is 0.487. The van der Waals surface area contributed by atoms with E-state index in [1.54, 1.807) is 0 Å². The molecule has 0 radical (unpaired) electrons. The second-order valence-electron chi connectivity index (χ2n) is 7.57. The van der Waals surface area contributed by atoms with Crippen LogP contribution in [0.4, 0.5) is 5.69 Å². The lowest BCUT2D eigenvalue weighted by Crippen LogP contribution is -2.18. The van der Waals surface area contributed by atoms with Crippen LogP contribution < -0.4 is 4.90 Å². The minimum atomic E-state index is 0.553. The fourth-order valence-electron chi connectivity index (χ4n) is 3.87. The summed E-state index contributed by atoms with van der Waals surface area (Å²) in [5, 5.41) is 0. The third-order valence-corrected chi connectivity index (χ3v) is 5.41. The van der Waals surface area contributed by atoms with Gasteiger partial charge in [0.1, 0.15) is 0 Å². The predicted molar refractivity (Wildman–Crippen MR) is 120 cm³/mol. The van der Waals surface area contributed by atoms with Crippen LogP contribution in [0.3, 0.4) is 0 Å². The third kappa shape index (κ3) is 4.61. The van der Waals surface area contributed by atoms with E-state index in [-0.39, 0.29) is 0 Å². The summed E-state index contributed by atoms with van der Waals surface area (Å²) in [7, 11) is 2.17. The number of rotatable bonds is 6. The Morgan fingerprint density at radius 1 is 0.786 bits per heavy atom. The van der Waals surface area contributed by atoms with Crippen molar-refractivity contribution in [3.63, 3.8) is 0 Å². The van der Waals surface area contributed by atoms with Crippen molar-refractivity contribution in [1.29, 1.82) is 0 Å². The Bertz CT molecular complexity index is 954. The number of likely N-dealkylation sites (N-methyl/N-ethyl adjacent to an activating group) is 1. The van der Waals surface area contributed by atoms with Crippen molar-refractivity contribution in [3.8, 4) is 0 Å². The Morgan fingerprint density at radius 2 is 1.46 bits per heavy atom. The van der Waals surface area contributed by atoms with Gasteiger partial charge >= 0.3 is 0 Å². The summed E-state index contributed by atoms with van der Waals surface area (Å²) in [5.41, 5.74) is 6.62. The van der Waals surface area contributed by atoms with Gasteiger partial charge in [0.15, 0.2) is 0 Å². The number of benzene rings is 3. The summed E-state index contributed by atoms with van der Waals surface area (Å²) >= 11 is 0. The number of anilines is 1. The van der Waals surface area contributed by atoms with Crippen LogP contribution in [-0.2, 0) is 12.8 Å². The molecule has 1 atom stereocenters. The molecule has 0 saturated carbocycles. The maximum Gasteiger partial charge on any atom is 0.0410 e. The van der Waals surface area contributed by atoms with E-state index in [1.807, 2.05) is 0 Å². The topological polar surface area (TPSA) is 3.24 Å². The summed E-state index contributed by atoms with van der Waals surface area (Å²) in [6.45, 7) is 0. The minimum absolute atomic E-state index is 0.553. The van der Waals surface area contributed by atoms with E-state index in [0.717, 1.165) is 19.3 Å². The van der Waals surface area contributed by atoms with Gasteiger partial charge in [-0.2, -0.15) is 0 Å². The molecule has 0 fully saturated rings. The Labute approximate surface area is 168 Å². The van der Waals surface area contributed by atoms with Gasteiger partial charge in [0.05, 0.1) is 0 Å². The molecule has 0 spiro atoms. The zero-order valence-corrected chi connectivity index (χ0v) is 16.5. The fraction of sp³-hybridized carbons (Fsp3) is 0.185. The lowest BCUT2D eigenvalue weighted by molar-refractivity contribution is 0.645. The van der Waals surface area contributed by atoms with Crippen molar-refractivity contribution in [3.05, 3.63) is 126 Å². The molecule has 0 saturated heterocycles. The van der Waals surface area contributed by atoms with Crippen molar-refractivity contribution in [2.24, 2.45) is 5.92 Å². The Balaban J connectivity index is 1.49. The van der Waals surface area contributed by atoms with Gasteiger partial charge in [-0.3, -0.25) is 0 Å². The molecule has 1 nitrogen and oxygen atoms in total. The molecule has 3 aromatic carbocycles. The largest absolute Gasteiger partial charge is 0.345 e. The average Bonchev–Trinajstić information content (AvgIpc) is 2.75. The second kappa shape index (κ2) is 8.75. The van der Waals surface area contributed by atoms with Crippen molar-refractivity contribution in [2.45, 2.75) is 19.3 Å². The van der Waals surface area contributed by atoms with Crippen molar-refractivity contribution < 1.29 is 0 Å². The van der Waals surface area contributed by atoms with E-state index < -0.39 is 0 Å². The van der Waals surface area contributed by atoms with E-state index in [9.17, 15) is 0 Å². The molecular formula is C27H27N. The molecule has 28 heavy (non-hydrogen) atoms. The van der Waals surface area contributed by atoms with Gasteiger partial charge < -0.3 is 4.90 Å². The highest BCUT2D eigenvalue weighted by Crippen LogP contribution is 2.27. The molecule has 0 bridgehead atoms. The first-order valence-electron chi connectivity index (χ1n) is 10.1. The standard InChI is InChI=1S/C27H27N/c1-28(26-16-8-14-24(20-26)18-22-10-4-2-5-11-22)27-17-9-15-25(21-27)19-23-12-6-3-7-13-23/h2-14,16-17,20-21,25H,15,18-19H2,1H3/t25-/m1/s1. The molecule has 140 valence electrons. The molecule has 0 N–H and O–H groups in total. The predicted octanol–water partition coefficient (Wildman–Crippen LogP) is 6.42. The zero-order chi connectivity index (χ0) is 19.2. The van der Waals surface area contributed by atoms with E-state index in [0.29, 0.717) is 5.92 Å². The molecule has 0 aliphatic heterocycles. The van der Waals surface area contributed by atoms with E-state index in [1.165, 1.54) is 28.1 Å². The van der Waals surface area contributed by atoms with Crippen LogP contribution >= 0.6 is 0 Å². The first-order valence-corrected chi connectivity index (χ1v) is 10.1. The fourth-order valence-corrected chi connectivity index (χ4v) is 3.87. The van der Waals surface area contributed by atoms with Crippen molar-refractivity contribution in [2.75, 3.05) is 11.9 Å².